The minimum atomic E-state index is 0.0511. The molecule has 4 heteroatoms. The summed E-state index contributed by atoms with van der Waals surface area (Å²) in [5.41, 5.74) is 5.55. The summed E-state index contributed by atoms with van der Waals surface area (Å²) >= 11 is 0. The van der Waals surface area contributed by atoms with Crippen molar-refractivity contribution in [2.24, 2.45) is 5.73 Å². The molecule has 0 spiro atoms. The smallest absolute Gasteiger partial charge is 0.0615 e. The van der Waals surface area contributed by atoms with Gasteiger partial charge in [-0.1, -0.05) is 6.92 Å². The Hall–Kier alpha value is -0.160. The molecule has 0 aliphatic rings. The molecule has 0 bridgehead atoms. The predicted octanol–water partition coefficient (Wildman–Crippen LogP) is -0.337. The molecule has 0 amide bonds. The van der Waals surface area contributed by atoms with Gasteiger partial charge in [-0.3, -0.25) is 4.90 Å². The number of hydrogen-bond acceptors (Lipinski definition) is 4. The van der Waals surface area contributed by atoms with Crippen molar-refractivity contribution in [2.75, 3.05) is 33.4 Å². The molecule has 0 aromatic heterocycles. The van der Waals surface area contributed by atoms with Crippen LogP contribution in [0.1, 0.15) is 13.8 Å². The second-order valence-electron chi connectivity index (χ2n) is 3.21. The molecule has 0 radical (unpaired) electrons. The van der Waals surface area contributed by atoms with Crippen LogP contribution in [0.5, 0.6) is 0 Å². The van der Waals surface area contributed by atoms with Crippen molar-refractivity contribution >= 4 is 0 Å². The van der Waals surface area contributed by atoms with Gasteiger partial charge in [0.1, 0.15) is 0 Å². The molecule has 2 atom stereocenters. The lowest BCUT2D eigenvalue weighted by Gasteiger charge is -2.33. The van der Waals surface area contributed by atoms with Gasteiger partial charge in [0.05, 0.1) is 13.2 Å². The average molecular weight is 190 g/mol. The SMILES string of the molecule is CCN(C(C)COC)C(CN)CO. The Morgan fingerprint density at radius 3 is 2.46 bits per heavy atom. The summed E-state index contributed by atoms with van der Waals surface area (Å²) in [6, 6.07) is 0.353. The van der Waals surface area contributed by atoms with E-state index in [0.717, 1.165) is 6.54 Å². The van der Waals surface area contributed by atoms with Crippen LogP contribution in [0.4, 0.5) is 0 Å². The van der Waals surface area contributed by atoms with Crippen LogP contribution < -0.4 is 5.73 Å². The number of aliphatic hydroxyl groups excluding tert-OH is 1. The highest BCUT2D eigenvalue weighted by molar-refractivity contribution is 4.75. The number of hydrogen-bond donors (Lipinski definition) is 2. The van der Waals surface area contributed by atoms with E-state index in [1.807, 2.05) is 0 Å². The Morgan fingerprint density at radius 1 is 1.54 bits per heavy atom. The maximum atomic E-state index is 9.08. The Bertz CT molecular complexity index is 118. The molecule has 0 aromatic carbocycles. The number of aliphatic hydroxyl groups is 1. The highest BCUT2D eigenvalue weighted by Gasteiger charge is 2.19. The quantitative estimate of drug-likeness (QED) is 0.577. The van der Waals surface area contributed by atoms with Crippen LogP contribution in [-0.2, 0) is 4.74 Å². The molecule has 13 heavy (non-hydrogen) atoms. The molecule has 80 valence electrons. The van der Waals surface area contributed by atoms with E-state index in [9.17, 15) is 0 Å². The summed E-state index contributed by atoms with van der Waals surface area (Å²) in [5.74, 6) is 0. The third-order valence-electron chi connectivity index (χ3n) is 2.29. The van der Waals surface area contributed by atoms with Gasteiger partial charge in [-0.05, 0) is 13.5 Å². The third kappa shape index (κ3) is 4.04. The fourth-order valence-electron chi connectivity index (χ4n) is 1.58. The average Bonchev–Trinajstić information content (AvgIpc) is 2.14. The van der Waals surface area contributed by atoms with Gasteiger partial charge in [0.2, 0.25) is 0 Å². The maximum absolute atomic E-state index is 9.08. The topological polar surface area (TPSA) is 58.7 Å². The van der Waals surface area contributed by atoms with E-state index in [0.29, 0.717) is 19.2 Å². The first-order valence-electron chi connectivity index (χ1n) is 4.76. The van der Waals surface area contributed by atoms with E-state index >= 15 is 0 Å². The number of likely N-dealkylation sites (N-methyl/N-ethyl adjacent to an activating group) is 1. The summed E-state index contributed by atoms with van der Waals surface area (Å²) in [7, 11) is 1.68. The van der Waals surface area contributed by atoms with Crippen LogP contribution in [0.3, 0.4) is 0 Å². The van der Waals surface area contributed by atoms with E-state index in [1.54, 1.807) is 7.11 Å². The number of ether oxygens (including phenoxy) is 1. The molecule has 0 aliphatic heterocycles. The standard InChI is InChI=1S/C9H22N2O2/c1-4-11(8(2)7-13-3)9(5-10)6-12/h8-9,12H,4-7,10H2,1-3H3. The van der Waals surface area contributed by atoms with Gasteiger partial charge in [-0.25, -0.2) is 0 Å². The first kappa shape index (κ1) is 12.8. The second-order valence-corrected chi connectivity index (χ2v) is 3.21. The fraction of sp³-hybridized carbons (Fsp3) is 1.00. The van der Waals surface area contributed by atoms with E-state index in [2.05, 4.69) is 18.7 Å². The van der Waals surface area contributed by atoms with Crippen LogP contribution in [0.25, 0.3) is 0 Å². The van der Waals surface area contributed by atoms with Crippen molar-refractivity contribution in [1.82, 2.24) is 4.90 Å². The molecular weight excluding hydrogens is 168 g/mol. The Labute approximate surface area is 80.7 Å². The molecule has 3 N–H and O–H groups in total. The molecular formula is C9H22N2O2. The number of methoxy groups -OCH3 is 1. The van der Waals surface area contributed by atoms with Crippen LogP contribution in [0, 0.1) is 0 Å². The third-order valence-corrected chi connectivity index (χ3v) is 2.29. The van der Waals surface area contributed by atoms with E-state index in [4.69, 9.17) is 15.6 Å². The zero-order valence-electron chi connectivity index (χ0n) is 8.86. The summed E-state index contributed by atoms with van der Waals surface area (Å²) < 4.78 is 5.06. The number of nitrogens with zero attached hydrogens (tertiary/aromatic N) is 1. The van der Waals surface area contributed by atoms with Crippen LogP contribution in [-0.4, -0.2) is 55.5 Å². The fourth-order valence-corrected chi connectivity index (χ4v) is 1.58. The lowest BCUT2D eigenvalue weighted by molar-refractivity contribution is 0.0520. The first-order chi connectivity index (χ1) is 6.21. The number of rotatable bonds is 7. The zero-order chi connectivity index (χ0) is 10.3. The molecule has 2 unspecified atom stereocenters. The Kier molecular flexibility index (Phi) is 7.17. The lowest BCUT2D eigenvalue weighted by Crippen LogP contribution is -2.49. The minimum absolute atomic E-state index is 0.0511. The molecule has 0 heterocycles. The molecule has 0 saturated heterocycles. The summed E-state index contributed by atoms with van der Waals surface area (Å²) in [4.78, 5) is 2.16. The Balaban J connectivity index is 4.11. The molecule has 0 aromatic rings. The Morgan fingerprint density at radius 2 is 2.15 bits per heavy atom. The molecule has 0 aliphatic carbocycles. The lowest BCUT2D eigenvalue weighted by atomic mass is 10.2. The van der Waals surface area contributed by atoms with Gasteiger partial charge in [0.25, 0.3) is 0 Å². The zero-order valence-corrected chi connectivity index (χ0v) is 8.86. The van der Waals surface area contributed by atoms with Crippen molar-refractivity contribution in [3.05, 3.63) is 0 Å². The van der Waals surface area contributed by atoms with Crippen LogP contribution >= 0.6 is 0 Å². The van der Waals surface area contributed by atoms with Crippen LogP contribution in [0.2, 0.25) is 0 Å². The molecule has 0 saturated carbocycles. The summed E-state index contributed by atoms with van der Waals surface area (Å²) in [6.07, 6.45) is 0. The van der Waals surface area contributed by atoms with Gasteiger partial charge in [-0.2, -0.15) is 0 Å². The van der Waals surface area contributed by atoms with Gasteiger partial charge in [0, 0.05) is 25.7 Å². The highest BCUT2D eigenvalue weighted by Crippen LogP contribution is 2.04. The minimum Gasteiger partial charge on any atom is -0.395 e. The molecule has 0 rings (SSSR count). The molecule has 4 nitrogen and oxygen atoms in total. The van der Waals surface area contributed by atoms with E-state index in [1.165, 1.54) is 0 Å². The van der Waals surface area contributed by atoms with Crippen molar-refractivity contribution in [3.8, 4) is 0 Å². The summed E-state index contributed by atoms with van der Waals surface area (Å²) in [6.45, 7) is 6.28. The van der Waals surface area contributed by atoms with Gasteiger partial charge in [-0.15, -0.1) is 0 Å². The maximum Gasteiger partial charge on any atom is 0.0615 e. The van der Waals surface area contributed by atoms with Crippen molar-refractivity contribution in [1.29, 1.82) is 0 Å². The molecule has 0 fully saturated rings. The highest BCUT2D eigenvalue weighted by atomic mass is 16.5. The van der Waals surface area contributed by atoms with Crippen molar-refractivity contribution in [2.45, 2.75) is 25.9 Å². The first-order valence-corrected chi connectivity index (χ1v) is 4.76. The monoisotopic (exact) mass is 190 g/mol. The van der Waals surface area contributed by atoms with E-state index in [-0.39, 0.29) is 12.6 Å². The second kappa shape index (κ2) is 7.26. The van der Waals surface area contributed by atoms with Crippen molar-refractivity contribution < 1.29 is 9.84 Å². The normalized spacial score (nSPS) is 16.2. The van der Waals surface area contributed by atoms with Crippen molar-refractivity contribution in [3.63, 3.8) is 0 Å². The summed E-state index contributed by atoms with van der Waals surface area (Å²) in [5, 5.41) is 9.08. The van der Waals surface area contributed by atoms with Gasteiger partial charge >= 0.3 is 0 Å². The van der Waals surface area contributed by atoms with Gasteiger partial charge in [0.15, 0.2) is 0 Å². The van der Waals surface area contributed by atoms with Gasteiger partial charge < -0.3 is 15.6 Å². The van der Waals surface area contributed by atoms with Crippen LogP contribution in [0.15, 0.2) is 0 Å². The largest absolute Gasteiger partial charge is 0.395 e. The number of nitrogens with two attached hydrogens (primary N) is 1. The predicted molar refractivity (Wildman–Crippen MR) is 53.6 cm³/mol. The van der Waals surface area contributed by atoms with E-state index < -0.39 is 0 Å².